The minimum atomic E-state index is 0.874. The van der Waals surface area contributed by atoms with Gasteiger partial charge in [0.05, 0.1) is 4.34 Å². The number of rotatable bonds is 5. The van der Waals surface area contributed by atoms with Gasteiger partial charge in [-0.2, -0.15) is 0 Å². The lowest BCUT2D eigenvalue weighted by molar-refractivity contribution is 0.174. The van der Waals surface area contributed by atoms with Gasteiger partial charge in [0.1, 0.15) is 0 Å². The van der Waals surface area contributed by atoms with Crippen molar-refractivity contribution >= 4 is 28.9 Å². The molecule has 0 radical (unpaired) electrons. The number of aliphatic imine (C=N–C) groups is 1. The Hall–Kier alpha value is -1.04. The highest BCUT2D eigenvalue weighted by atomic mass is 35.5. The van der Waals surface area contributed by atoms with Crippen molar-refractivity contribution in [2.45, 2.75) is 19.9 Å². The van der Waals surface area contributed by atoms with E-state index >= 15 is 0 Å². The van der Waals surface area contributed by atoms with Gasteiger partial charge in [0.25, 0.3) is 0 Å². The average molecular weight is 341 g/mol. The number of halogens is 1. The SMILES string of the molecule is C/C=C/CCNC(=NC)N1CCN(Cc2ccc(Cl)s2)CC1. The quantitative estimate of drug-likeness (QED) is 0.387. The summed E-state index contributed by atoms with van der Waals surface area (Å²) in [5, 5.41) is 3.43. The number of hydrogen-bond donors (Lipinski definition) is 1. The molecule has 2 heterocycles. The molecule has 4 nitrogen and oxygen atoms in total. The molecule has 1 fully saturated rings. The standard InChI is InChI=1S/C16H25ClN4S/c1-3-4-5-8-19-16(18-2)21-11-9-20(10-12-21)13-14-6-7-15(17)22-14/h3-4,6-7H,5,8-13H2,1-2H3,(H,18,19)/b4-3+. The molecule has 122 valence electrons. The largest absolute Gasteiger partial charge is 0.356 e. The van der Waals surface area contributed by atoms with Crippen LogP contribution in [0.15, 0.2) is 29.3 Å². The highest BCUT2D eigenvalue weighted by Gasteiger charge is 2.19. The van der Waals surface area contributed by atoms with E-state index in [-0.39, 0.29) is 0 Å². The van der Waals surface area contributed by atoms with Crippen molar-refractivity contribution in [2.75, 3.05) is 39.8 Å². The molecule has 1 aromatic rings. The molecule has 1 aliphatic heterocycles. The molecule has 1 aromatic heterocycles. The summed E-state index contributed by atoms with van der Waals surface area (Å²) in [5.41, 5.74) is 0. The second-order valence-electron chi connectivity index (χ2n) is 5.30. The predicted octanol–water partition coefficient (Wildman–Crippen LogP) is 3.06. The third-order valence-electron chi connectivity index (χ3n) is 3.72. The highest BCUT2D eigenvalue weighted by Crippen LogP contribution is 2.23. The highest BCUT2D eigenvalue weighted by molar-refractivity contribution is 7.16. The topological polar surface area (TPSA) is 30.9 Å². The summed E-state index contributed by atoms with van der Waals surface area (Å²) in [6.45, 7) is 8.14. The van der Waals surface area contributed by atoms with Crippen LogP contribution in [0.3, 0.4) is 0 Å². The lowest BCUT2D eigenvalue weighted by Crippen LogP contribution is -2.52. The average Bonchev–Trinajstić information content (AvgIpc) is 2.94. The molecule has 6 heteroatoms. The molecule has 0 aromatic carbocycles. The maximum absolute atomic E-state index is 6.00. The Labute approximate surface area is 142 Å². The van der Waals surface area contributed by atoms with E-state index in [0.717, 1.165) is 56.0 Å². The monoisotopic (exact) mass is 340 g/mol. The van der Waals surface area contributed by atoms with E-state index in [9.17, 15) is 0 Å². The lowest BCUT2D eigenvalue weighted by atomic mass is 10.3. The van der Waals surface area contributed by atoms with Crippen LogP contribution in [-0.2, 0) is 6.54 Å². The van der Waals surface area contributed by atoms with Gasteiger partial charge in [-0.25, -0.2) is 0 Å². The van der Waals surface area contributed by atoms with Gasteiger partial charge in [0.15, 0.2) is 5.96 Å². The van der Waals surface area contributed by atoms with E-state index < -0.39 is 0 Å². The summed E-state index contributed by atoms with van der Waals surface area (Å²) >= 11 is 7.67. The molecule has 0 saturated carbocycles. The van der Waals surface area contributed by atoms with Gasteiger partial charge >= 0.3 is 0 Å². The van der Waals surface area contributed by atoms with Gasteiger partial charge in [-0.3, -0.25) is 9.89 Å². The van der Waals surface area contributed by atoms with Crippen LogP contribution in [0.2, 0.25) is 4.34 Å². The number of nitrogens with one attached hydrogen (secondary N) is 1. The van der Waals surface area contributed by atoms with Crippen molar-refractivity contribution < 1.29 is 0 Å². The zero-order valence-electron chi connectivity index (χ0n) is 13.4. The molecular weight excluding hydrogens is 316 g/mol. The summed E-state index contributed by atoms with van der Waals surface area (Å²) in [7, 11) is 1.86. The van der Waals surface area contributed by atoms with E-state index in [2.05, 4.69) is 45.3 Å². The molecule has 0 atom stereocenters. The summed E-state index contributed by atoms with van der Waals surface area (Å²) in [4.78, 5) is 10.6. The first-order valence-corrected chi connectivity index (χ1v) is 8.95. The first kappa shape index (κ1) is 17.3. The molecule has 0 spiro atoms. The van der Waals surface area contributed by atoms with Crippen LogP contribution in [0.4, 0.5) is 0 Å². The van der Waals surface area contributed by atoms with Crippen molar-refractivity contribution in [3.8, 4) is 0 Å². The number of allylic oxidation sites excluding steroid dienone is 1. The fraction of sp³-hybridized carbons (Fsp3) is 0.562. The Kier molecular flexibility index (Phi) is 7.22. The van der Waals surface area contributed by atoms with Crippen molar-refractivity contribution in [3.05, 3.63) is 33.5 Å². The van der Waals surface area contributed by atoms with E-state index in [1.54, 1.807) is 11.3 Å². The van der Waals surface area contributed by atoms with Crippen LogP contribution in [0.1, 0.15) is 18.2 Å². The van der Waals surface area contributed by atoms with E-state index in [1.165, 1.54) is 4.88 Å². The fourth-order valence-electron chi connectivity index (χ4n) is 2.54. The maximum Gasteiger partial charge on any atom is 0.193 e. The first-order valence-electron chi connectivity index (χ1n) is 7.76. The zero-order valence-corrected chi connectivity index (χ0v) is 15.0. The van der Waals surface area contributed by atoms with Crippen LogP contribution in [0.5, 0.6) is 0 Å². The fourth-order valence-corrected chi connectivity index (χ4v) is 3.67. The maximum atomic E-state index is 6.00. The molecule has 22 heavy (non-hydrogen) atoms. The minimum absolute atomic E-state index is 0.874. The molecule has 1 saturated heterocycles. The Morgan fingerprint density at radius 2 is 2.14 bits per heavy atom. The molecule has 1 N–H and O–H groups in total. The van der Waals surface area contributed by atoms with Gasteiger partial charge in [-0.05, 0) is 25.5 Å². The summed E-state index contributed by atoms with van der Waals surface area (Å²) in [6, 6.07) is 4.11. The van der Waals surface area contributed by atoms with Gasteiger partial charge in [0, 0.05) is 51.2 Å². The van der Waals surface area contributed by atoms with Crippen molar-refractivity contribution in [3.63, 3.8) is 0 Å². The van der Waals surface area contributed by atoms with Crippen LogP contribution in [0, 0.1) is 0 Å². The number of thiophene rings is 1. The van der Waals surface area contributed by atoms with E-state index in [4.69, 9.17) is 11.6 Å². The number of piperazine rings is 1. The van der Waals surface area contributed by atoms with Crippen molar-refractivity contribution in [1.82, 2.24) is 15.1 Å². The normalized spacial score (nSPS) is 17.4. The van der Waals surface area contributed by atoms with Crippen LogP contribution >= 0.6 is 22.9 Å². The second kappa shape index (κ2) is 9.18. The Balaban J connectivity index is 1.75. The van der Waals surface area contributed by atoms with Gasteiger partial charge in [0.2, 0.25) is 0 Å². The smallest absolute Gasteiger partial charge is 0.193 e. The summed E-state index contributed by atoms with van der Waals surface area (Å²) in [5.74, 6) is 1.02. The third kappa shape index (κ3) is 5.30. The summed E-state index contributed by atoms with van der Waals surface area (Å²) in [6.07, 6.45) is 5.29. The molecule has 1 aliphatic rings. The van der Waals surface area contributed by atoms with Gasteiger partial charge in [-0.1, -0.05) is 23.8 Å². The Bertz CT molecular complexity index is 504. The molecule has 0 unspecified atom stereocenters. The van der Waals surface area contributed by atoms with E-state index in [0.29, 0.717) is 0 Å². The Morgan fingerprint density at radius 3 is 2.73 bits per heavy atom. The number of guanidine groups is 1. The third-order valence-corrected chi connectivity index (χ3v) is 4.94. The van der Waals surface area contributed by atoms with Crippen molar-refractivity contribution in [2.24, 2.45) is 4.99 Å². The van der Waals surface area contributed by atoms with Gasteiger partial charge < -0.3 is 10.2 Å². The minimum Gasteiger partial charge on any atom is -0.356 e. The lowest BCUT2D eigenvalue weighted by Gasteiger charge is -2.36. The Morgan fingerprint density at radius 1 is 1.36 bits per heavy atom. The molecule has 0 amide bonds. The molecular formula is C16H25ClN4S. The molecule has 2 rings (SSSR count). The summed E-state index contributed by atoms with van der Waals surface area (Å²) < 4.78 is 0.874. The predicted molar refractivity (Wildman–Crippen MR) is 97.0 cm³/mol. The van der Waals surface area contributed by atoms with Crippen LogP contribution < -0.4 is 5.32 Å². The first-order chi connectivity index (χ1) is 10.7. The van der Waals surface area contributed by atoms with E-state index in [1.807, 2.05) is 13.1 Å². The molecule has 0 bridgehead atoms. The number of nitrogens with zero attached hydrogens (tertiary/aromatic N) is 3. The molecule has 0 aliphatic carbocycles. The van der Waals surface area contributed by atoms with Crippen molar-refractivity contribution in [1.29, 1.82) is 0 Å². The second-order valence-corrected chi connectivity index (χ2v) is 7.10. The van der Waals surface area contributed by atoms with Crippen LogP contribution in [-0.4, -0.2) is 55.5 Å². The zero-order chi connectivity index (χ0) is 15.8. The van der Waals surface area contributed by atoms with Crippen LogP contribution in [0.25, 0.3) is 0 Å². The van der Waals surface area contributed by atoms with Gasteiger partial charge in [-0.15, -0.1) is 11.3 Å². The number of hydrogen-bond acceptors (Lipinski definition) is 3.